The number of amides is 1. The minimum Gasteiger partial charge on any atom is -0.325 e. The summed E-state index contributed by atoms with van der Waals surface area (Å²) < 4.78 is 2.20. The van der Waals surface area contributed by atoms with Gasteiger partial charge in [0, 0.05) is 24.9 Å². The summed E-state index contributed by atoms with van der Waals surface area (Å²) in [6.45, 7) is 0.948. The van der Waals surface area contributed by atoms with E-state index in [4.69, 9.17) is 11.6 Å². The summed E-state index contributed by atoms with van der Waals surface area (Å²) in [6.07, 6.45) is 7.43. The van der Waals surface area contributed by atoms with Gasteiger partial charge in [0.25, 0.3) is 0 Å². The van der Waals surface area contributed by atoms with Gasteiger partial charge in [-0.3, -0.25) is 4.79 Å². The van der Waals surface area contributed by atoms with Crippen molar-refractivity contribution in [1.82, 2.24) is 14.8 Å². The van der Waals surface area contributed by atoms with E-state index in [1.165, 1.54) is 12.8 Å². The lowest BCUT2D eigenvalue weighted by atomic mass is 10.1. The second kappa shape index (κ2) is 6.55. The van der Waals surface area contributed by atoms with Crippen LogP contribution in [-0.2, 0) is 17.8 Å². The highest BCUT2D eigenvalue weighted by Crippen LogP contribution is 2.34. The Labute approximate surface area is 146 Å². The van der Waals surface area contributed by atoms with Crippen LogP contribution >= 0.6 is 11.6 Å². The maximum absolute atomic E-state index is 12.1. The molecule has 2 heterocycles. The SMILES string of the molecule is O=C(CC1CC1)Nc1cc(-c2nnc3n2CCCCC3)ccc1Cl. The Morgan fingerprint density at radius 3 is 2.96 bits per heavy atom. The molecule has 0 radical (unpaired) electrons. The van der Waals surface area contributed by atoms with Gasteiger partial charge in [-0.25, -0.2) is 0 Å². The molecule has 6 heteroatoms. The predicted molar refractivity (Wildman–Crippen MR) is 94.0 cm³/mol. The highest BCUT2D eigenvalue weighted by molar-refractivity contribution is 6.33. The van der Waals surface area contributed by atoms with Crippen molar-refractivity contribution in [3.63, 3.8) is 0 Å². The van der Waals surface area contributed by atoms with Crippen LogP contribution in [0.5, 0.6) is 0 Å². The summed E-state index contributed by atoms with van der Waals surface area (Å²) in [7, 11) is 0. The average Bonchev–Trinajstić information content (AvgIpc) is 3.33. The Balaban J connectivity index is 1.60. The van der Waals surface area contributed by atoms with Crippen LogP contribution in [0, 0.1) is 5.92 Å². The fourth-order valence-electron chi connectivity index (χ4n) is 3.24. The number of halogens is 1. The van der Waals surface area contributed by atoms with E-state index < -0.39 is 0 Å². The number of anilines is 1. The van der Waals surface area contributed by atoms with Crippen LogP contribution in [0.15, 0.2) is 18.2 Å². The van der Waals surface area contributed by atoms with Crippen LogP contribution in [-0.4, -0.2) is 20.7 Å². The third kappa shape index (κ3) is 3.31. The van der Waals surface area contributed by atoms with E-state index in [1.807, 2.05) is 18.2 Å². The second-order valence-corrected chi connectivity index (χ2v) is 7.20. The molecule has 1 saturated carbocycles. The summed E-state index contributed by atoms with van der Waals surface area (Å²) in [4.78, 5) is 12.1. The number of carbonyl (C=O) groups excluding carboxylic acids is 1. The number of hydrogen-bond donors (Lipinski definition) is 1. The van der Waals surface area contributed by atoms with Crippen molar-refractivity contribution in [2.75, 3.05) is 5.32 Å². The van der Waals surface area contributed by atoms with Gasteiger partial charge in [-0.1, -0.05) is 18.0 Å². The van der Waals surface area contributed by atoms with Gasteiger partial charge in [-0.15, -0.1) is 10.2 Å². The lowest BCUT2D eigenvalue weighted by Crippen LogP contribution is -2.12. The molecule has 1 aromatic heterocycles. The molecule has 1 fully saturated rings. The van der Waals surface area contributed by atoms with Gasteiger partial charge in [0.15, 0.2) is 5.82 Å². The van der Waals surface area contributed by atoms with E-state index in [-0.39, 0.29) is 5.91 Å². The molecule has 1 aliphatic carbocycles. The van der Waals surface area contributed by atoms with E-state index >= 15 is 0 Å². The normalized spacial score (nSPS) is 17.2. The van der Waals surface area contributed by atoms with Crippen LogP contribution < -0.4 is 5.32 Å². The number of fused-ring (bicyclic) bond motifs is 1. The molecule has 1 aromatic carbocycles. The monoisotopic (exact) mass is 344 g/mol. The molecule has 5 nitrogen and oxygen atoms in total. The number of nitrogens with zero attached hydrogens (tertiary/aromatic N) is 3. The molecule has 0 saturated heterocycles. The van der Waals surface area contributed by atoms with Crippen molar-refractivity contribution < 1.29 is 4.79 Å². The van der Waals surface area contributed by atoms with Crippen LogP contribution in [0.2, 0.25) is 5.02 Å². The molecule has 126 valence electrons. The zero-order valence-corrected chi connectivity index (χ0v) is 14.4. The first-order chi connectivity index (χ1) is 11.7. The molecule has 0 bridgehead atoms. The molecule has 2 aliphatic rings. The van der Waals surface area contributed by atoms with Crippen molar-refractivity contribution >= 4 is 23.2 Å². The summed E-state index contributed by atoms with van der Waals surface area (Å²) in [6, 6.07) is 5.68. The number of benzene rings is 1. The molecule has 0 spiro atoms. The molecule has 2 aromatic rings. The molecule has 1 aliphatic heterocycles. The van der Waals surface area contributed by atoms with Crippen molar-refractivity contribution in [2.45, 2.75) is 51.5 Å². The van der Waals surface area contributed by atoms with Crippen LogP contribution in [0.4, 0.5) is 5.69 Å². The predicted octanol–water partition coefficient (Wildman–Crippen LogP) is 4.06. The first-order valence-electron chi connectivity index (χ1n) is 8.72. The zero-order valence-electron chi connectivity index (χ0n) is 13.6. The van der Waals surface area contributed by atoms with Gasteiger partial charge in [-0.05, 0) is 49.8 Å². The summed E-state index contributed by atoms with van der Waals surface area (Å²) in [5.41, 5.74) is 1.60. The Morgan fingerprint density at radius 1 is 1.25 bits per heavy atom. The second-order valence-electron chi connectivity index (χ2n) is 6.79. The molecule has 24 heavy (non-hydrogen) atoms. The first kappa shape index (κ1) is 15.6. The fraction of sp³-hybridized carbons (Fsp3) is 0.500. The van der Waals surface area contributed by atoms with Gasteiger partial charge in [0.1, 0.15) is 5.82 Å². The fourth-order valence-corrected chi connectivity index (χ4v) is 3.41. The Kier molecular flexibility index (Phi) is 4.27. The van der Waals surface area contributed by atoms with Gasteiger partial charge >= 0.3 is 0 Å². The standard InChI is InChI=1S/C18H21ClN4O/c19-14-8-7-13(11-15(14)20-17(24)10-12-5-6-12)18-22-21-16-4-2-1-3-9-23(16)18/h7-8,11-12H,1-6,9-10H2,(H,20,24). The van der Waals surface area contributed by atoms with Crippen LogP contribution in [0.25, 0.3) is 11.4 Å². The van der Waals surface area contributed by atoms with Crippen molar-refractivity contribution in [2.24, 2.45) is 5.92 Å². The van der Waals surface area contributed by atoms with Gasteiger partial charge in [0.05, 0.1) is 10.7 Å². The summed E-state index contributed by atoms with van der Waals surface area (Å²) >= 11 is 6.27. The maximum atomic E-state index is 12.1. The van der Waals surface area contributed by atoms with Crippen molar-refractivity contribution in [3.05, 3.63) is 29.0 Å². The molecule has 4 rings (SSSR count). The van der Waals surface area contributed by atoms with E-state index in [9.17, 15) is 4.79 Å². The minimum absolute atomic E-state index is 0.0385. The Morgan fingerprint density at radius 2 is 2.12 bits per heavy atom. The highest BCUT2D eigenvalue weighted by atomic mass is 35.5. The number of aromatic nitrogens is 3. The quantitative estimate of drug-likeness (QED) is 0.909. The van der Waals surface area contributed by atoms with E-state index in [0.29, 0.717) is 23.0 Å². The number of carbonyl (C=O) groups is 1. The van der Waals surface area contributed by atoms with E-state index in [2.05, 4.69) is 20.1 Å². The molecule has 0 unspecified atom stereocenters. The smallest absolute Gasteiger partial charge is 0.224 e. The highest BCUT2D eigenvalue weighted by Gasteiger charge is 2.25. The van der Waals surface area contributed by atoms with Crippen LogP contribution in [0.3, 0.4) is 0 Å². The minimum atomic E-state index is 0.0385. The largest absolute Gasteiger partial charge is 0.325 e. The number of rotatable bonds is 4. The topological polar surface area (TPSA) is 59.8 Å². The van der Waals surface area contributed by atoms with Crippen LogP contribution in [0.1, 0.15) is 44.3 Å². The number of aryl methyl sites for hydroxylation is 1. The first-order valence-corrected chi connectivity index (χ1v) is 9.10. The van der Waals surface area contributed by atoms with Gasteiger partial charge < -0.3 is 9.88 Å². The van der Waals surface area contributed by atoms with Gasteiger partial charge in [0.2, 0.25) is 5.91 Å². The number of nitrogens with one attached hydrogen (secondary N) is 1. The third-order valence-electron chi connectivity index (χ3n) is 4.78. The van der Waals surface area contributed by atoms with E-state index in [1.54, 1.807) is 0 Å². The lowest BCUT2D eigenvalue weighted by molar-refractivity contribution is -0.116. The Bertz CT molecular complexity index is 766. The molecular formula is C18H21ClN4O. The maximum Gasteiger partial charge on any atom is 0.224 e. The zero-order chi connectivity index (χ0) is 16.5. The van der Waals surface area contributed by atoms with Gasteiger partial charge in [-0.2, -0.15) is 0 Å². The lowest BCUT2D eigenvalue weighted by Gasteiger charge is -2.11. The molecule has 1 N–H and O–H groups in total. The van der Waals surface area contributed by atoms with Crippen molar-refractivity contribution in [1.29, 1.82) is 0 Å². The van der Waals surface area contributed by atoms with Crippen molar-refractivity contribution in [3.8, 4) is 11.4 Å². The molecule has 1 amide bonds. The third-order valence-corrected chi connectivity index (χ3v) is 5.11. The summed E-state index contributed by atoms with van der Waals surface area (Å²) in [5.74, 6) is 2.51. The Hall–Kier alpha value is -1.88. The molecule has 0 atom stereocenters. The number of hydrogen-bond acceptors (Lipinski definition) is 3. The molecular weight excluding hydrogens is 324 g/mol. The average molecular weight is 345 g/mol. The summed E-state index contributed by atoms with van der Waals surface area (Å²) in [5, 5.41) is 12.2. The van der Waals surface area contributed by atoms with E-state index in [0.717, 1.165) is 49.4 Å².